The van der Waals surface area contributed by atoms with Gasteiger partial charge in [-0.3, -0.25) is 0 Å². The molecule has 0 aliphatic heterocycles. The monoisotopic (exact) mass is 706 g/mol. The lowest BCUT2D eigenvalue weighted by Crippen LogP contribution is -2.03. The highest BCUT2D eigenvalue weighted by Gasteiger charge is 2.34. The summed E-state index contributed by atoms with van der Waals surface area (Å²) in [6.45, 7) is 4.27. The second kappa shape index (κ2) is 12.1. The van der Waals surface area contributed by atoms with Crippen LogP contribution in [0.2, 0.25) is 0 Å². The molecule has 7 aromatic carbocycles. The Labute approximate surface area is 302 Å². The fraction of sp³-hybridized carbons (Fsp3) is 0.0909. The van der Waals surface area contributed by atoms with E-state index in [1.165, 1.54) is 5.57 Å². The number of phenolic OH excluding ortho intramolecular Hbond substituents is 9. The minimum atomic E-state index is -1.27. The summed E-state index contributed by atoms with van der Waals surface area (Å²) in [5, 5.41) is 103. The van der Waals surface area contributed by atoms with Crippen LogP contribution >= 0.6 is 0 Å². The Kier molecular flexibility index (Phi) is 7.54. The summed E-state index contributed by atoms with van der Waals surface area (Å²) in [5.41, 5.74) is 4.63. The maximum Gasteiger partial charge on any atom is 0.208 e. The van der Waals surface area contributed by atoms with Gasteiger partial charge in [0.2, 0.25) is 17.2 Å². The van der Waals surface area contributed by atoms with E-state index < -0.39 is 62.9 Å². The second-order valence-electron chi connectivity index (χ2n) is 13.4. The molecule has 264 valence electrons. The number of aromatic hydroxyl groups is 9. The number of benzene rings is 7. The number of rotatable bonds is 4. The van der Waals surface area contributed by atoms with E-state index in [0.29, 0.717) is 10.8 Å². The van der Waals surface area contributed by atoms with Crippen molar-refractivity contribution < 1.29 is 46.0 Å². The molecule has 9 heteroatoms. The molecule has 0 aromatic heterocycles. The lowest BCUT2D eigenvalue weighted by atomic mass is 9.77. The third kappa shape index (κ3) is 4.78. The van der Waals surface area contributed by atoms with E-state index in [1.54, 1.807) is 12.1 Å². The van der Waals surface area contributed by atoms with Crippen LogP contribution in [-0.2, 0) is 0 Å². The van der Waals surface area contributed by atoms with E-state index in [0.717, 1.165) is 62.2 Å². The number of hydrogen-bond donors (Lipinski definition) is 9. The van der Waals surface area contributed by atoms with Crippen molar-refractivity contribution in [2.45, 2.75) is 26.7 Å². The summed E-state index contributed by atoms with van der Waals surface area (Å²) < 4.78 is 0. The first kappa shape index (κ1) is 33.2. The van der Waals surface area contributed by atoms with Crippen molar-refractivity contribution in [1.29, 1.82) is 0 Å². The molecule has 0 bridgehead atoms. The van der Waals surface area contributed by atoms with Crippen LogP contribution in [0.1, 0.15) is 36.5 Å². The van der Waals surface area contributed by atoms with E-state index in [9.17, 15) is 46.0 Å². The average molecular weight is 707 g/mol. The summed E-state index contributed by atoms with van der Waals surface area (Å²) in [5.74, 6) is -10.3. The van der Waals surface area contributed by atoms with Crippen molar-refractivity contribution in [2.75, 3.05) is 0 Å². The zero-order chi connectivity index (χ0) is 37.5. The van der Waals surface area contributed by atoms with Crippen LogP contribution in [0.15, 0.2) is 96.6 Å². The maximum atomic E-state index is 11.7. The molecule has 0 saturated heterocycles. The van der Waals surface area contributed by atoms with Crippen LogP contribution in [0.25, 0.3) is 65.7 Å². The first-order valence-corrected chi connectivity index (χ1v) is 16.9. The Balaban J connectivity index is 1.43. The van der Waals surface area contributed by atoms with Gasteiger partial charge < -0.3 is 46.0 Å². The number of allylic oxidation sites excluding steroid dienone is 4. The van der Waals surface area contributed by atoms with Crippen LogP contribution in [0.3, 0.4) is 0 Å². The van der Waals surface area contributed by atoms with Gasteiger partial charge in [0.25, 0.3) is 0 Å². The van der Waals surface area contributed by atoms with Gasteiger partial charge in [-0.25, -0.2) is 0 Å². The number of aryl methyl sites for hydroxylation is 1. The molecule has 0 atom stereocenters. The lowest BCUT2D eigenvalue weighted by Gasteiger charge is -2.26. The Hall–Kier alpha value is -7.00. The summed E-state index contributed by atoms with van der Waals surface area (Å²) >= 11 is 0. The summed E-state index contributed by atoms with van der Waals surface area (Å²) in [6.07, 6.45) is 3.94. The van der Waals surface area contributed by atoms with Gasteiger partial charge >= 0.3 is 0 Å². The molecule has 7 aromatic rings. The Morgan fingerprint density at radius 2 is 0.792 bits per heavy atom. The molecule has 53 heavy (non-hydrogen) atoms. The van der Waals surface area contributed by atoms with Crippen molar-refractivity contribution >= 4 is 43.5 Å². The van der Waals surface area contributed by atoms with Gasteiger partial charge in [-0.15, -0.1) is 0 Å². The van der Waals surface area contributed by atoms with Gasteiger partial charge in [-0.2, -0.15) is 0 Å². The van der Waals surface area contributed by atoms with Gasteiger partial charge in [0.05, 0.1) is 16.7 Å². The number of hydrogen-bond acceptors (Lipinski definition) is 9. The largest absolute Gasteiger partial charge is 0.504 e. The minimum absolute atomic E-state index is 0.275. The highest BCUT2D eigenvalue weighted by Crippen LogP contribution is 2.63. The SMILES string of the molecule is CC1=C(c2cc3ccccc3cc2C)C(c2c3ccccc3c(-c3c(O)c(O)c(-c4c(O)c(O)c(O)c(O)c4O)c(O)c3O)c3ccccc23)=CCC1. The molecule has 1 aliphatic carbocycles. The summed E-state index contributed by atoms with van der Waals surface area (Å²) in [6, 6.07) is 27.6. The molecule has 9 N–H and O–H groups in total. The van der Waals surface area contributed by atoms with E-state index >= 15 is 0 Å². The van der Waals surface area contributed by atoms with E-state index in [2.05, 4.69) is 44.2 Å². The van der Waals surface area contributed by atoms with E-state index in [-0.39, 0.29) is 11.1 Å². The highest BCUT2D eigenvalue weighted by molar-refractivity contribution is 6.25. The molecule has 1 aliphatic rings. The normalized spacial score (nSPS) is 13.3. The van der Waals surface area contributed by atoms with Crippen LogP contribution in [-0.4, -0.2) is 46.0 Å². The van der Waals surface area contributed by atoms with Crippen molar-refractivity contribution in [1.82, 2.24) is 0 Å². The maximum absolute atomic E-state index is 11.7. The molecule has 0 amide bonds. The van der Waals surface area contributed by atoms with Crippen molar-refractivity contribution in [3.8, 4) is 74.0 Å². The van der Waals surface area contributed by atoms with Crippen LogP contribution < -0.4 is 0 Å². The zero-order valence-electron chi connectivity index (χ0n) is 28.6. The van der Waals surface area contributed by atoms with Crippen molar-refractivity contribution in [2.24, 2.45) is 0 Å². The standard InChI is InChI=1S/C44H34O9/c1-20-10-9-17-28(30(20)29-19-23-12-4-3-11-22(23)18-21(29)2)31-24-13-5-7-15-26(24)32(27-16-8-6-14-25(27)31)33-36(45)38(47)34(39(48)37(33)46)35-40(49)42(51)44(53)43(52)41(35)50/h3-8,11-19,45-53H,9-10H2,1-2H3. The zero-order valence-corrected chi connectivity index (χ0v) is 28.6. The molecule has 0 unspecified atom stereocenters. The third-order valence-electron chi connectivity index (χ3n) is 10.4. The number of fused-ring (bicyclic) bond motifs is 3. The Morgan fingerprint density at radius 3 is 1.28 bits per heavy atom. The third-order valence-corrected chi connectivity index (χ3v) is 10.4. The minimum Gasteiger partial charge on any atom is -0.504 e. The van der Waals surface area contributed by atoms with Crippen molar-refractivity contribution in [3.05, 3.63) is 113 Å². The van der Waals surface area contributed by atoms with Crippen LogP contribution in [0.4, 0.5) is 0 Å². The Bertz CT molecular complexity index is 2680. The molecular weight excluding hydrogens is 672 g/mol. The summed E-state index contributed by atoms with van der Waals surface area (Å²) in [4.78, 5) is 0. The number of phenols is 9. The van der Waals surface area contributed by atoms with Crippen LogP contribution in [0.5, 0.6) is 51.7 Å². The quantitative estimate of drug-likeness (QED) is 0.0489. The lowest BCUT2D eigenvalue weighted by molar-refractivity contribution is 0.329. The van der Waals surface area contributed by atoms with E-state index in [4.69, 9.17) is 0 Å². The molecule has 0 heterocycles. The summed E-state index contributed by atoms with van der Waals surface area (Å²) in [7, 11) is 0. The van der Waals surface area contributed by atoms with Crippen molar-refractivity contribution in [3.63, 3.8) is 0 Å². The molecular formula is C44H34O9. The van der Waals surface area contributed by atoms with Crippen LogP contribution in [0, 0.1) is 6.92 Å². The average Bonchev–Trinajstić information content (AvgIpc) is 3.16. The smallest absolute Gasteiger partial charge is 0.208 e. The van der Waals surface area contributed by atoms with Gasteiger partial charge in [-0.05, 0) is 92.9 Å². The predicted molar refractivity (Wildman–Crippen MR) is 206 cm³/mol. The molecule has 0 fully saturated rings. The second-order valence-corrected chi connectivity index (χ2v) is 13.4. The fourth-order valence-corrected chi connectivity index (χ4v) is 7.90. The molecule has 9 nitrogen and oxygen atoms in total. The molecule has 8 rings (SSSR count). The first-order chi connectivity index (χ1) is 25.4. The predicted octanol–water partition coefficient (Wildman–Crippen LogP) is 9.79. The van der Waals surface area contributed by atoms with Gasteiger partial charge in [0.15, 0.2) is 34.5 Å². The fourth-order valence-electron chi connectivity index (χ4n) is 7.90. The molecule has 0 saturated carbocycles. The highest BCUT2D eigenvalue weighted by atomic mass is 16.4. The van der Waals surface area contributed by atoms with E-state index in [1.807, 2.05) is 48.5 Å². The van der Waals surface area contributed by atoms with Gasteiger partial charge in [0, 0.05) is 5.56 Å². The Morgan fingerprint density at radius 1 is 0.415 bits per heavy atom. The topological polar surface area (TPSA) is 182 Å². The first-order valence-electron chi connectivity index (χ1n) is 16.9. The van der Waals surface area contributed by atoms with Gasteiger partial charge in [0.1, 0.15) is 0 Å². The molecule has 0 radical (unpaired) electrons. The molecule has 0 spiro atoms. The van der Waals surface area contributed by atoms with Gasteiger partial charge in [-0.1, -0.05) is 90.5 Å².